The van der Waals surface area contributed by atoms with Crippen LogP contribution >= 0.6 is 0 Å². The summed E-state index contributed by atoms with van der Waals surface area (Å²) in [7, 11) is 1.63. The maximum atomic E-state index is 11.7. The molecule has 1 aromatic carbocycles. The van der Waals surface area contributed by atoms with Crippen LogP contribution < -0.4 is 15.4 Å². The molecule has 1 amide bonds. The first-order chi connectivity index (χ1) is 8.56. The lowest BCUT2D eigenvalue weighted by Crippen LogP contribution is -2.34. The molecule has 0 fully saturated rings. The van der Waals surface area contributed by atoms with E-state index in [0.29, 0.717) is 12.6 Å². The Morgan fingerprint density at radius 2 is 2.17 bits per heavy atom. The minimum Gasteiger partial charge on any atom is -0.497 e. The highest BCUT2D eigenvalue weighted by molar-refractivity contribution is 5.93. The lowest BCUT2D eigenvalue weighted by atomic mass is 10.2. The molecule has 4 heteroatoms. The number of anilines is 1. The summed E-state index contributed by atoms with van der Waals surface area (Å²) in [6.07, 6.45) is 1.01. The zero-order chi connectivity index (χ0) is 13.5. The van der Waals surface area contributed by atoms with Crippen molar-refractivity contribution in [2.75, 3.05) is 19.0 Å². The molecule has 1 rings (SSSR count). The number of rotatable bonds is 6. The van der Waals surface area contributed by atoms with Crippen molar-refractivity contribution >= 4 is 11.6 Å². The van der Waals surface area contributed by atoms with Gasteiger partial charge < -0.3 is 15.4 Å². The number of nitrogens with one attached hydrogen (secondary N) is 2. The Bertz CT molecular complexity index is 405. The minimum absolute atomic E-state index is 0.0245. The number of ether oxygens (including phenoxy) is 1. The van der Waals surface area contributed by atoms with E-state index in [1.807, 2.05) is 25.1 Å². The van der Waals surface area contributed by atoms with Crippen LogP contribution in [0.5, 0.6) is 5.75 Å². The maximum absolute atomic E-state index is 11.7. The first kappa shape index (κ1) is 14.5. The van der Waals surface area contributed by atoms with Crippen molar-refractivity contribution in [2.24, 2.45) is 0 Å². The first-order valence-electron chi connectivity index (χ1n) is 6.24. The fraction of sp³-hybridized carbons (Fsp3) is 0.500. The zero-order valence-corrected chi connectivity index (χ0v) is 11.5. The molecule has 0 aliphatic carbocycles. The molecule has 0 radical (unpaired) electrons. The number of amides is 1. The van der Waals surface area contributed by atoms with E-state index in [4.69, 9.17) is 4.74 Å². The summed E-state index contributed by atoms with van der Waals surface area (Å²) in [4.78, 5) is 11.7. The minimum atomic E-state index is -0.0245. The number of methoxy groups -OCH3 is 1. The zero-order valence-electron chi connectivity index (χ0n) is 11.5. The van der Waals surface area contributed by atoms with Gasteiger partial charge in [0.25, 0.3) is 0 Å². The van der Waals surface area contributed by atoms with Crippen LogP contribution in [0, 0.1) is 6.92 Å². The van der Waals surface area contributed by atoms with E-state index in [9.17, 15) is 4.79 Å². The molecule has 0 bridgehead atoms. The third kappa shape index (κ3) is 4.37. The Balaban J connectivity index is 2.54. The number of hydrogen-bond donors (Lipinski definition) is 2. The molecule has 1 unspecified atom stereocenters. The highest BCUT2D eigenvalue weighted by atomic mass is 16.5. The van der Waals surface area contributed by atoms with Gasteiger partial charge in [-0.25, -0.2) is 0 Å². The van der Waals surface area contributed by atoms with Gasteiger partial charge in [0.2, 0.25) is 5.91 Å². The van der Waals surface area contributed by atoms with Gasteiger partial charge in [-0.05, 0) is 44.0 Å². The Labute approximate surface area is 109 Å². The molecule has 1 aromatic rings. The van der Waals surface area contributed by atoms with Gasteiger partial charge in [-0.3, -0.25) is 4.79 Å². The van der Waals surface area contributed by atoms with Gasteiger partial charge in [-0.2, -0.15) is 0 Å². The topological polar surface area (TPSA) is 50.4 Å². The molecule has 100 valence electrons. The summed E-state index contributed by atoms with van der Waals surface area (Å²) in [6, 6.07) is 5.95. The summed E-state index contributed by atoms with van der Waals surface area (Å²) < 4.78 is 5.12. The van der Waals surface area contributed by atoms with Gasteiger partial charge in [-0.15, -0.1) is 0 Å². The molecule has 0 saturated heterocycles. The number of aryl methyl sites for hydroxylation is 1. The smallest absolute Gasteiger partial charge is 0.238 e. The molecule has 2 N–H and O–H groups in total. The number of hydrogen-bond acceptors (Lipinski definition) is 3. The van der Waals surface area contributed by atoms with E-state index in [2.05, 4.69) is 24.5 Å². The molecule has 0 aromatic heterocycles. The molecule has 18 heavy (non-hydrogen) atoms. The summed E-state index contributed by atoms with van der Waals surface area (Å²) >= 11 is 0. The molecule has 0 aliphatic rings. The predicted octanol–water partition coefficient (Wildman–Crippen LogP) is 2.33. The van der Waals surface area contributed by atoms with Gasteiger partial charge in [0.1, 0.15) is 5.75 Å². The fourth-order valence-corrected chi connectivity index (χ4v) is 1.51. The van der Waals surface area contributed by atoms with Crippen molar-refractivity contribution < 1.29 is 9.53 Å². The monoisotopic (exact) mass is 250 g/mol. The van der Waals surface area contributed by atoms with Crippen molar-refractivity contribution in [1.82, 2.24) is 5.32 Å². The fourth-order valence-electron chi connectivity index (χ4n) is 1.51. The van der Waals surface area contributed by atoms with E-state index in [0.717, 1.165) is 23.4 Å². The maximum Gasteiger partial charge on any atom is 0.238 e. The van der Waals surface area contributed by atoms with Crippen LogP contribution in [0.2, 0.25) is 0 Å². The van der Waals surface area contributed by atoms with Crippen molar-refractivity contribution in [2.45, 2.75) is 33.2 Å². The van der Waals surface area contributed by atoms with E-state index >= 15 is 0 Å². The van der Waals surface area contributed by atoms with Crippen molar-refractivity contribution in [3.63, 3.8) is 0 Å². The van der Waals surface area contributed by atoms with E-state index in [1.54, 1.807) is 7.11 Å². The molecule has 0 heterocycles. The molecular formula is C14H22N2O2. The largest absolute Gasteiger partial charge is 0.497 e. The Hall–Kier alpha value is -1.55. The molecule has 0 spiro atoms. The van der Waals surface area contributed by atoms with Crippen LogP contribution in [-0.4, -0.2) is 25.6 Å². The molecular weight excluding hydrogens is 228 g/mol. The highest BCUT2D eigenvalue weighted by Gasteiger charge is 2.06. The molecule has 1 atom stereocenters. The van der Waals surface area contributed by atoms with Crippen LogP contribution in [0.4, 0.5) is 5.69 Å². The second kappa shape index (κ2) is 7.01. The van der Waals surface area contributed by atoms with Gasteiger partial charge >= 0.3 is 0 Å². The third-order valence-electron chi connectivity index (χ3n) is 2.93. The SMILES string of the molecule is CCC(C)NCC(=O)Nc1ccc(OC)cc1C. The Morgan fingerprint density at radius 1 is 1.44 bits per heavy atom. The Morgan fingerprint density at radius 3 is 2.72 bits per heavy atom. The van der Waals surface area contributed by atoms with E-state index in [-0.39, 0.29) is 5.91 Å². The number of benzene rings is 1. The van der Waals surface area contributed by atoms with Crippen molar-refractivity contribution in [3.05, 3.63) is 23.8 Å². The molecule has 0 saturated carbocycles. The normalized spacial score (nSPS) is 12.0. The van der Waals surface area contributed by atoms with Gasteiger partial charge in [0.15, 0.2) is 0 Å². The second-order valence-corrected chi connectivity index (χ2v) is 4.42. The average Bonchev–Trinajstić information content (AvgIpc) is 2.38. The lowest BCUT2D eigenvalue weighted by Gasteiger charge is -2.13. The first-order valence-corrected chi connectivity index (χ1v) is 6.24. The van der Waals surface area contributed by atoms with Crippen LogP contribution in [0.15, 0.2) is 18.2 Å². The quantitative estimate of drug-likeness (QED) is 0.814. The lowest BCUT2D eigenvalue weighted by molar-refractivity contribution is -0.115. The van der Waals surface area contributed by atoms with E-state index < -0.39 is 0 Å². The van der Waals surface area contributed by atoms with E-state index in [1.165, 1.54) is 0 Å². The van der Waals surface area contributed by atoms with Gasteiger partial charge in [-0.1, -0.05) is 6.92 Å². The summed E-state index contributed by atoms with van der Waals surface area (Å²) in [5.41, 5.74) is 1.82. The highest BCUT2D eigenvalue weighted by Crippen LogP contribution is 2.20. The predicted molar refractivity (Wildman–Crippen MR) is 74.1 cm³/mol. The van der Waals surface area contributed by atoms with Crippen LogP contribution in [0.25, 0.3) is 0 Å². The number of carbonyl (C=O) groups is 1. The average molecular weight is 250 g/mol. The van der Waals surface area contributed by atoms with Gasteiger partial charge in [0, 0.05) is 11.7 Å². The van der Waals surface area contributed by atoms with Crippen LogP contribution in [-0.2, 0) is 4.79 Å². The van der Waals surface area contributed by atoms with Crippen molar-refractivity contribution in [3.8, 4) is 5.75 Å². The summed E-state index contributed by atoms with van der Waals surface area (Å²) in [6.45, 7) is 6.43. The Kier molecular flexibility index (Phi) is 5.65. The molecule has 0 aliphatic heterocycles. The third-order valence-corrected chi connectivity index (χ3v) is 2.93. The summed E-state index contributed by atoms with van der Waals surface area (Å²) in [5.74, 6) is 0.770. The number of carbonyl (C=O) groups excluding carboxylic acids is 1. The molecule has 4 nitrogen and oxygen atoms in total. The second-order valence-electron chi connectivity index (χ2n) is 4.42. The van der Waals surface area contributed by atoms with Gasteiger partial charge in [0.05, 0.1) is 13.7 Å². The van der Waals surface area contributed by atoms with Crippen LogP contribution in [0.3, 0.4) is 0 Å². The van der Waals surface area contributed by atoms with Crippen molar-refractivity contribution in [1.29, 1.82) is 0 Å². The van der Waals surface area contributed by atoms with Crippen LogP contribution in [0.1, 0.15) is 25.8 Å². The standard InChI is InChI=1S/C14H22N2O2/c1-5-11(3)15-9-14(17)16-13-7-6-12(18-4)8-10(13)2/h6-8,11,15H,5,9H2,1-4H3,(H,16,17). The summed E-state index contributed by atoms with van der Waals surface area (Å²) in [5, 5.41) is 6.04.